The van der Waals surface area contributed by atoms with Crippen LogP contribution in [0.2, 0.25) is 0 Å². The van der Waals surface area contributed by atoms with E-state index < -0.39 is 5.54 Å². The lowest BCUT2D eigenvalue weighted by molar-refractivity contribution is 0.198. The molecule has 0 spiro atoms. The summed E-state index contributed by atoms with van der Waals surface area (Å²) in [6.07, 6.45) is 8.38. The molecular weight excluding hydrogens is 365 g/mol. The van der Waals surface area contributed by atoms with E-state index in [1.54, 1.807) is 0 Å². The molecule has 0 aliphatic heterocycles. The van der Waals surface area contributed by atoms with Gasteiger partial charge in [0.1, 0.15) is 0 Å². The quantitative estimate of drug-likeness (QED) is 0.753. The minimum Gasteiger partial charge on any atom is -0.494 e. The average Bonchev–Trinajstić information content (AvgIpc) is 3.15. The molecule has 29 heavy (non-hydrogen) atoms. The maximum absolute atomic E-state index is 13.6. The Hall–Kier alpha value is -1.91. The van der Waals surface area contributed by atoms with E-state index in [1.165, 1.54) is 36.3 Å². The zero-order valence-corrected chi connectivity index (χ0v) is 17.3. The normalized spacial score (nSPS) is 26.3. The second kappa shape index (κ2) is 8.45. The van der Waals surface area contributed by atoms with Crippen molar-refractivity contribution in [1.29, 1.82) is 0 Å². The van der Waals surface area contributed by atoms with Gasteiger partial charge in [0, 0.05) is 5.54 Å². The first kappa shape index (κ1) is 20.4. The molecule has 0 heterocycles. The molecule has 0 bridgehead atoms. The number of nitrogens with two attached hydrogens (primary N) is 1. The number of benzene rings is 2. The van der Waals surface area contributed by atoms with Crippen LogP contribution in [0.4, 0.5) is 4.39 Å². The Morgan fingerprint density at radius 3 is 2.79 bits per heavy atom. The lowest BCUT2D eigenvalue weighted by atomic mass is 9.79. The van der Waals surface area contributed by atoms with E-state index in [1.807, 2.05) is 12.1 Å². The van der Waals surface area contributed by atoms with Crippen molar-refractivity contribution in [2.75, 3.05) is 13.7 Å². The van der Waals surface area contributed by atoms with Gasteiger partial charge in [0.15, 0.2) is 11.6 Å². The van der Waals surface area contributed by atoms with E-state index >= 15 is 0 Å². The fraction of sp³-hybridized carbons (Fsp3) is 0.520. The van der Waals surface area contributed by atoms with Crippen LogP contribution in [0.15, 0.2) is 36.4 Å². The van der Waals surface area contributed by atoms with E-state index in [4.69, 9.17) is 10.5 Å². The molecule has 0 amide bonds. The Kier molecular flexibility index (Phi) is 5.93. The van der Waals surface area contributed by atoms with Gasteiger partial charge in [-0.3, -0.25) is 0 Å². The number of ether oxygens (including phenoxy) is 1. The highest BCUT2D eigenvalue weighted by Crippen LogP contribution is 2.41. The Bertz CT molecular complexity index is 868. The van der Waals surface area contributed by atoms with Gasteiger partial charge in [-0.05, 0) is 97.6 Å². The van der Waals surface area contributed by atoms with E-state index in [2.05, 4.69) is 18.2 Å². The molecule has 156 valence electrons. The van der Waals surface area contributed by atoms with Crippen molar-refractivity contribution < 1.29 is 14.2 Å². The predicted molar refractivity (Wildman–Crippen MR) is 114 cm³/mol. The van der Waals surface area contributed by atoms with Gasteiger partial charge in [0.25, 0.3) is 0 Å². The van der Waals surface area contributed by atoms with Crippen molar-refractivity contribution in [3.63, 3.8) is 0 Å². The van der Waals surface area contributed by atoms with Crippen molar-refractivity contribution >= 4 is 0 Å². The van der Waals surface area contributed by atoms with E-state index in [0.717, 1.165) is 50.5 Å². The molecule has 0 radical (unpaired) electrons. The van der Waals surface area contributed by atoms with Gasteiger partial charge in [0.05, 0.1) is 13.7 Å². The second-order valence-corrected chi connectivity index (χ2v) is 9.10. The summed E-state index contributed by atoms with van der Waals surface area (Å²) in [5, 5.41) is 9.54. The summed E-state index contributed by atoms with van der Waals surface area (Å²) in [6.45, 7) is 0.0794. The minimum atomic E-state index is -0.394. The predicted octanol–water partition coefficient (Wildman–Crippen LogP) is 4.53. The third kappa shape index (κ3) is 4.49. The zero-order chi connectivity index (χ0) is 20.4. The smallest absolute Gasteiger partial charge is 0.165 e. The first-order valence-electron chi connectivity index (χ1n) is 10.8. The molecule has 0 unspecified atom stereocenters. The van der Waals surface area contributed by atoms with E-state index in [-0.39, 0.29) is 12.4 Å². The molecular formula is C25H32FNO2. The first-order chi connectivity index (χ1) is 14.0. The van der Waals surface area contributed by atoms with Crippen LogP contribution in [0.25, 0.3) is 0 Å². The molecule has 1 fully saturated rings. The van der Waals surface area contributed by atoms with Crippen LogP contribution in [0.3, 0.4) is 0 Å². The molecule has 0 saturated heterocycles. The summed E-state index contributed by atoms with van der Waals surface area (Å²) in [5.41, 5.74) is 11.4. The number of fused-ring (bicyclic) bond motifs is 1. The number of hydrogen-bond acceptors (Lipinski definition) is 3. The number of methoxy groups -OCH3 is 1. The van der Waals surface area contributed by atoms with Crippen molar-refractivity contribution in [2.24, 2.45) is 11.7 Å². The maximum Gasteiger partial charge on any atom is 0.165 e. The summed E-state index contributed by atoms with van der Waals surface area (Å²) in [6, 6.07) is 12.2. The number of hydrogen-bond donors (Lipinski definition) is 2. The number of aliphatic hydroxyl groups is 1. The molecule has 3 nitrogen and oxygen atoms in total. The largest absolute Gasteiger partial charge is 0.494 e. The SMILES string of the molecule is COc1cc(CC[C@@H]2CCc3cc([C@H]4CC[C@](N)(CO)C4)ccc3C2)ccc1F. The Morgan fingerprint density at radius 1 is 1.17 bits per heavy atom. The third-order valence-electron chi connectivity index (χ3n) is 7.05. The van der Waals surface area contributed by atoms with Gasteiger partial charge < -0.3 is 15.6 Å². The van der Waals surface area contributed by atoms with Crippen molar-refractivity contribution in [3.05, 3.63) is 64.5 Å². The van der Waals surface area contributed by atoms with Crippen LogP contribution in [0.1, 0.15) is 60.3 Å². The van der Waals surface area contributed by atoms with Gasteiger partial charge in [0.2, 0.25) is 0 Å². The van der Waals surface area contributed by atoms with Gasteiger partial charge in [-0.2, -0.15) is 0 Å². The summed E-state index contributed by atoms with van der Waals surface area (Å²) >= 11 is 0. The minimum absolute atomic E-state index is 0.0794. The van der Waals surface area contributed by atoms with Crippen molar-refractivity contribution in [1.82, 2.24) is 0 Å². The van der Waals surface area contributed by atoms with Crippen LogP contribution in [0, 0.1) is 11.7 Å². The Labute approximate surface area is 173 Å². The van der Waals surface area contributed by atoms with Crippen LogP contribution in [0.5, 0.6) is 5.75 Å². The monoisotopic (exact) mass is 397 g/mol. The molecule has 3 N–H and O–H groups in total. The summed E-state index contributed by atoms with van der Waals surface area (Å²) in [7, 11) is 1.51. The Balaban J connectivity index is 1.37. The van der Waals surface area contributed by atoms with Crippen LogP contribution >= 0.6 is 0 Å². The topological polar surface area (TPSA) is 55.5 Å². The van der Waals surface area contributed by atoms with Crippen molar-refractivity contribution in [2.45, 2.75) is 62.8 Å². The van der Waals surface area contributed by atoms with Crippen molar-refractivity contribution in [3.8, 4) is 5.75 Å². The lowest BCUT2D eigenvalue weighted by Gasteiger charge is -2.26. The zero-order valence-electron chi connectivity index (χ0n) is 17.3. The maximum atomic E-state index is 13.6. The number of aliphatic hydroxyl groups excluding tert-OH is 1. The molecule has 2 aliphatic rings. The molecule has 0 aromatic heterocycles. The van der Waals surface area contributed by atoms with Crippen LogP contribution in [-0.4, -0.2) is 24.4 Å². The van der Waals surface area contributed by atoms with Gasteiger partial charge in [-0.15, -0.1) is 0 Å². The second-order valence-electron chi connectivity index (χ2n) is 9.10. The summed E-state index contributed by atoms with van der Waals surface area (Å²) < 4.78 is 18.7. The Morgan fingerprint density at radius 2 is 2.03 bits per heavy atom. The van der Waals surface area contributed by atoms with Crippen LogP contribution < -0.4 is 10.5 Å². The fourth-order valence-corrected chi connectivity index (χ4v) is 5.17. The molecule has 2 aliphatic carbocycles. The molecule has 2 aromatic carbocycles. The van der Waals surface area contributed by atoms with Gasteiger partial charge in [-0.1, -0.05) is 24.3 Å². The average molecular weight is 398 g/mol. The first-order valence-corrected chi connectivity index (χ1v) is 10.8. The summed E-state index contributed by atoms with van der Waals surface area (Å²) in [4.78, 5) is 0. The van der Waals surface area contributed by atoms with E-state index in [0.29, 0.717) is 17.6 Å². The highest BCUT2D eigenvalue weighted by Gasteiger charge is 2.36. The summed E-state index contributed by atoms with van der Waals surface area (Å²) in [5.74, 6) is 1.18. The molecule has 2 aromatic rings. The number of aryl methyl sites for hydroxylation is 2. The van der Waals surface area contributed by atoms with E-state index in [9.17, 15) is 9.50 Å². The molecule has 4 heteroatoms. The number of halogens is 1. The molecule has 1 saturated carbocycles. The van der Waals surface area contributed by atoms with Gasteiger partial charge >= 0.3 is 0 Å². The lowest BCUT2D eigenvalue weighted by Crippen LogP contribution is -2.40. The molecule has 3 atom stereocenters. The standard InChI is InChI=1S/C25H32FNO2/c1-29-24-13-18(5-9-23(24)26)3-2-17-4-6-20-14-21(8-7-19(20)12-17)22-10-11-25(27,15-22)16-28/h5,7-9,13-14,17,22,28H,2-4,6,10-12,15-16,27H2,1H3/t17-,22+,25-/m1/s1. The fourth-order valence-electron chi connectivity index (χ4n) is 5.17. The van der Waals surface area contributed by atoms with Gasteiger partial charge in [-0.25, -0.2) is 4.39 Å². The number of rotatable bonds is 6. The highest BCUT2D eigenvalue weighted by atomic mass is 19.1. The third-order valence-corrected chi connectivity index (χ3v) is 7.05. The van der Waals surface area contributed by atoms with Crippen LogP contribution in [-0.2, 0) is 19.3 Å². The highest BCUT2D eigenvalue weighted by molar-refractivity contribution is 5.37. The molecule has 4 rings (SSSR count).